The van der Waals surface area contributed by atoms with Gasteiger partial charge in [-0.2, -0.15) is 0 Å². The van der Waals surface area contributed by atoms with E-state index in [1.807, 2.05) is 5.92 Å². The van der Waals surface area contributed by atoms with E-state index in [1.54, 1.807) is 0 Å². The fourth-order valence-electron chi connectivity index (χ4n) is 4.63. The Balaban J connectivity index is 4.52. The molecule has 0 aliphatic heterocycles. The van der Waals surface area contributed by atoms with Crippen molar-refractivity contribution in [3.63, 3.8) is 0 Å². The molecule has 1 atom stereocenters. The van der Waals surface area contributed by atoms with E-state index < -0.39 is 0 Å². The highest BCUT2D eigenvalue weighted by Crippen LogP contribution is 2.35. The molecule has 0 aromatic carbocycles. The maximum Gasteiger partial charge on any atom is -0.0210 e. The van der Waals surface area contributed by atoms with Gasteiger partial charge in [0.05, 0.1) is 0 Å². The predicted molar refractivity (Wildman–Crippen MR) is 131 cm³/mol. The summed E-state index contributed by atoms with van der Waals surface area (Å²) in [6.07, 6.45) is 31.7. The van der Waals surface area contributed by atoms with Crippen LogP contribution in [0.1, 0.15) is 169 Å². The number of rotatable bonds is 23. The summed E-state index contributed by atoms with van der Waals surface area (Å²) in [7, 11) is 0. The van der Waals surface area contributed by atoms with E-state index >= 15 is 0 Å². The van der Waals surface area contributed by atoms with Crippen LogP contribution in [0.15, 0.2) is 0 Å². The van der Waals surface area contributed by atoms with Gasteiger partial charge in [0, 0.05) is 0 Å². The molecule has 0 aliphatic rings. The number of hydrogen-bond donors (Lipinski definition) is 0. The van der Waals surface area contributed by atoms with Crippen molar-refractivity contribution < 1.29 is 0 Å². The summed E-state index contributed by atoms with van der Waals surface area (Å²) in [6.45, 7) is 9.34. The second-order valence-corrected chi connectivity index (χ2v) is 9.38. The van der Waals surface area contributed by atoms with Gasteiger partial charge in [0.2, 0.25) is 0 Å². The van der Waals surface area contributed by atoms with E-state index in [0.29, 0.717) is 0 Å². The van der Waals surface area contributed by atoms with Gasteiger partial charge in [0.15, 0.2) is 0 Å². The van der Waals surface area contributed by atoms with E-state index in [9.17, 15) is 0 Å². The average molecular weight is 394 g/mol. The molecule has 0 bridgehead atoms. The molecule has 1 unspecified atom stereocenters. The van der Waals surface area contributed by atoms with Gasteiger partial charge in [-0.3, -0.25) is 0 Å². The number of hydrogen-bond acceptors (Lipinski definition) is 0. The van der Waals surface area contributed by atoms with Crippen molar-refractivity contribution in [1.82, 2.24) is 0 Å². The molecule has 0 fully saturated rings. The van der Waals surface area contributed by atoms with Crippen molar-refractivity contribution >= 4 is 0 Å². The van der Waals surface area contributed by atoms with Gasteiger partial charge in [0.25, 0.3) is 0 Å². The van der Waals surface area contributed by atoms with E-state index in [0.717, 1.165) is 5.92 Å². The second-order valence-electron chi connectivity index (χ2n) is 9.38. The molecule has 0 spiro atoms. The standard InChI is InChI=1S/C28H57/c1-5-9-13-17-18-22-26-28(25-21-16-12-8-4)27(23-19-14-10-6-2)24-20-15-11-7-3/h28H,5-26H2,1-4H3. The molecule has 0 N–H and O–H groups in total. The molecule has 0 heterocycles. The molecule has 169 valence electrons. The molecule has 0 amide bonds. The first-order valence-electron chi connectivity index (χ1n) is 13.6. The Labute approximate surface area is 181 Å². The number of unbranched alkanes of at least 4 members (excludes halogenated alkanes) is 14. The van der Waals surface area contributed by atoms with Gasteiger partial charge in [-0.25, -0.2) is 0 Å². The van der Waals surface area contributed by atoms with Crippen molar-refractivity contribution in [2.45, 2.75) is 169 Å². The van der Waals surface area contributed by atoms with Crippen LogP contribution in [-0.2, 0) is 0 Å². The first kappa shape index (κ1) is 28.0. The molecule has 0 aliphatic carbocycles. The van der Waals surface area contributed by atoms with Gasteiger partial charge in [-0.1, -0.05) is 143 Å². The van der Waals surface area contributed by atoms with Crippen molar-refractivity contribution in [3.8, 4) is 0 Å². The Hall–Kier alpha value is 0. The summed E-state index contributed by atoms with van der Waals surface area (Å²) in [6, 6.07) is 0. The molecular formula is C28H57. The third-order valence-corrected chi connectivity index (χ3v) is 6.59. The van der Waals surface area contributed by atoms with Gasteiger partial charge in [-0.15, -0.1) is 0 Å². The van der Waals surface area contributed by atoms with Crippen molar-refractivity contribution in [1.29, 1.82) is 0 Å². The first-order chi connectivity index (χ1) is 13.8. The minimum absolute atomic E-state index is 0.950. The normalized spacial score (nSPS) is 12.8. The lowest BCUT2D eigenvalue weighted by Crippen LogP contribution is -2.14. The topological polar surface area (TPSA) is 0 Å². The smallest absolute Gasteiger partial charge is 0.0210 e. The zero-order chi connectivity index (χ0) is 20.7. The Morgan fingerprint density at radius 2 is 0.714 bits per heavy atom. The van der Waals surface area contributed by atoms with Crippen LogP contribution in [0.2, 0.25) is 0 Å². The molecule has 0 saturated carbocycles. The van der Waals surface area contributed by atoms with E-state index in [1.165, 1.54) is 141 Å². The van der Waals surface area contributed by atoms with E-state index in [-0.39, 0.29) is 0 Å². The van der Waals surface area contributed by atoms with Gasteiger partial charge < -0.3 is 0 Å². The molecule has 0 aromatic rings. The Kier molecular flexibility index (Phi) is 23.3. The summed E-state index contributed by atoms with van der Waals surface area (Å²) < 4.78 is 0. The molecule has 0 aromatic heterocycles. The van der Waals surface area contributed by atoms with E-state index in [2.05, 4.69) is 27.7 Å². The van der Waals surface area contributed by atoms with Crippen LogP contribution in [0.5, 0.6) is 0 Å². The monoisotopic (exact) mass is 393 g/mol. The van der Waals surface area contributed by atoms with Crippen molar-refractivity contribution in [3.05, 3.63) is 5.92 Å². The molecule has 1 radical (unpaired) electrons. The lowest BCUT2D eigenvalue weighted by molar-refractivity contribution is 0.373. The van der Waals surface area contributed by atoms with Gasteiger partial charge in [0.1, 0.15) is 0 Å². The third-order valence-electron chi connectivity index (χ3n) is 6.59. The van der Waals surface area contributed by atoms with Crippen LogP contribution in [0.3, 0.4) is 0 Å². The minimum atomic E-state index is 0.950. The molecule has 0 heteroatoms. The summed E-state index contributed by atoms with van der Waals surface area (Å²) in [4.78, 5) is 0. The largest absolute Gasteiger partial charge is 0.0654 e. The molecule has 28 heavy (non-hydrogen) atoms. The Morgan fingerprint density at radius 3 is 1.14 bits per heavy atom. The van der Waals surface area contributed by atoms with Crippen LogP contribution in [-0.4, -0.2) is 0 Å². The van der Waals surface area contributed by atoms with Gasteiger partial charge >= 0.3 is 0 Å². The third kappa shape index (κ3) is 18.1. The van der Waals surface area contributed by atoms with Crippen LogP contribution in [0.25, 0.3) is 0 Å². The summed E-state index contributed by atoms with van der Waals surface area (Å²) in [5.41, 5.74) is 0. The molecule has 0 rings (SSSR count). The lowest BCUT2D eigenvalue weighted by Gasteiger charge is -2.27. The highest BCUT2D eigenvalue weighted by atomic mass is 14.3. The van der Waals surface area contributed by atoms with Crippen LogP contribution >= 0.6 is 0 Å². The van der Waals surface area contributed by atoms with Crippen LogP contribution < -0.4 is 0 Å². The highest BCUT2D eigenvalue weighted by molar-refractivity contribution is 4.96. The van der Waals surface area contributed by atoms with Crippen LogP contribution in [0.4, 0.5) is 0 Å². The fourth-order valence-corrected chi connectivity index (χ4v) is 4.63. The lowest BCUT2D eigenvalue weighted by atomic mass is 9.78. The van der Waals surface area contributed by atoms with E-state index in [4.69, 9.17) is 0 Å². The van der Waals surface area contributed by atoms with Crippen LogP contribution in [0, 0.1) is 11.8 Å². The molecular weight excluding hydrogens is 336 g/mol. The summed E-state index contributed by atoms with van der Waals surface area (Å²) in [5.74, 6) is 2.93. The Bertz CT molecular complexity index is 257. The molecule has 0 nitrogen and oxygen atoms in total. The van der Waals surface area contributed by atoms with Crippen molar-refractivity contribution in [2.24, 2.45) is 5.92 Å². The zero-order valence-corrected chi connectivity index (χ0v) is 20.6. The maximum atomic E-state index is 2.34. The maximum absolute atomic E-state index is 2.34. The predicted octanol–water partition coefficient (Wildman–Crippen LogP) is 10.8. The van der Waals surface area contributed by atoms with Crippen molar-refractivity contribution in [2.75, 3.05) is 0 Å². The zero-order valence-electron chi connectivity index (χ0n) is 20.6. The summed E-state index contributed by atoms with van der Waals surface area (Å²) >= 11 is 0. The first-order valence-corrected chi connectivity index (χ1v) is 13.6. The molecule has 0 saturated heterocycles. The van der Waals surface area contributed by atoms with Gasteiger partial charge in [-0.05, 0) is 37.5 Å². The highest BCUT2D eigenvalue weighted by Gasteiger charge is 2.21. The Morgan fingerprint density at radius 1 is 0.393 bits per heavy atom. The SMILES string of the molecule is CCCCCCCCC(CCCCCC)[C](CCCCCC)CCCCCC. The minimum Gasteiger partial charge on any atom is -0.0654 e. The second kappa shape index (κ2) is 23.3. The quantitative estimate of drug-likeness (QED) is 0.151. The average Bonchev–Trinajstić information content (AvgIpc) is 2.71. The fraction of sp³-hybridized carbons (Fsp3) is 0.964. The summed E-state index contributed by atoms with van der Waals surface area (Å²) in [5, 5.41) is 0.